The maximum Gasteiger partial charge on any atom is 3.00 e. The minimum atomic E-state index is -8.79. The quantitative estimate of drug-likeness (QED) is 0.0602. The molecule has 0 rings (SSSR count). The van der Waals surface area contributed by atoms with Crippen LogP contribution in [0.2, 0.25) is 0 Å². The molecule has 40 nitrogen and oxygen atoms in total. The fraction of sp³-hybridized carbons (Fsp3) is 0. The molecule has 0 unspecified atom stereocenters. The van der Waals surface area contributed by atoms with Crippen molar-refractivity contribution in [2.45, 2.75) is 0 Å². The Bertz CT molecular complexity index is 2510. The van der Waals surface area contributed by atoms with E-state index in [2.05, 4.69) is 27.9 Å². The van der Waals surface area contributed by atoms with Gasteiger partial charge in [0.15, 0.2) is 0 Å². The maximum absolute atomic E-state index is 12.8. The summed E-state index contributed by atoms with van der Waals surface area (Å²) in [5.74, 6) is 0. The Morgan fingerprint density at radius 3 is 0.537 bits per heavy atom. The van der Waals surface area contributed by atoms with Gasteiger partial charge in [-0.05, 0) is 0 Å². The number of rotatable bonds is 24. The van der Waals surface area contributed by atoms with Gasteiger partial charge in [0.25, 0.3) is 0 Å². The van der Waals surface area contributed by atoms with Crippen LogP contribution in [0.3, 0.4) is 0 Å². The molecule has 0 saturated carbocycles. The van der Waals surface area contributed by atoms with Crippen molar-refractivity contribution in [2.75, 3.05) is 0 Å². The van der Waals surface area contributed by atoms with Crippen LogP contribution >= 0.6 is 7.82 Å². The average molecular weight is 1850 g/mol. The Labute approximate surface area is 344 Å². The zero-order chi connectivity index (χ0) is 43.0. The van der Waals surface area contributed by atoms with Crippen LogP contribution in [-0.4, -0.2) is 28.6 Å². The number of phosphoric acid groups is 1. The van der Waals surface area contributed by atoms with Crippen LogP contribution in [0.25, 0.3) is 0 Å². The van der Waals surface area contributed by atoms with Crippen LogP contribution in [0.15, 0.2) is 0 Å². The van der Waals surface area contributed by atoms with Crippen molar-refractivity contribution >= 4 is 25.2 Å². The van der Waals surface area contributed by atoms with Gasteiger partial charge in [0.05, 0.1) is 0 Å². The van der Waals surface area contributed by atoms with E-state index in [9.17, 15) is 86.1 Å². The third kappa shape index (κ3) is 29.0. The molecule has 0 aliphatic rings. The summed E-state index contributed by atoms with van der Waals surface area (Å²) in [5, 5.41) is 0. The third-order valence-corrected chi connectivity index (χ3v) is 62.5. The summed E-state index contributed by atoms with van der Waals surface area (Å²) >= 11 is -97.4. The molecule has 54 heavy (non-hydrogen) atoms. The SMILES string of the molecule is O=P([O][Mo](=[O])(=[O])[O][Mo](=[O])(=[O])[O][Mo](=[O])(=[O])[O][Mo](=[O])(=[O])[OH])([O][Mo](=[O])(=[O])[O][Mo](=[O])(=[O])[O][Mo](=[O])(=[O])[O][Mo](=[O])(=[O])[OH])[O][Mo](=[O])(=[O])[O][Mo](=[O])(=[O])[O][Mo](=[O])(=[O])[O][Mo](=[O])(=[O])[OH].[Al+3]. The van der Waals surface area contributed by atoms with E-state index in [0.29, 0.717) is 0 Å². The zero-order valence-electron chi connectivity index (χ0n) is 22.4. The fourth-order valence-electron chi connectivity index (χ4n) is 1.41. The van der Waals surface area contributed by atoms with E-state index < -0.39 is 209 Å². The molecule has 0 bridgehead atoms. The van der Waals surface area contributed by atoms with E-state index in [-0.39, 0.29) is 17.4 Å². The van der Waals surface area contributed by atoms with Gasteiger partial charge in [-0.2, -0.15) is 0 Å². The van der Waals surface area contributed by atoms with Gasteiger partial charge < -0.3 is 0 Å². The predicted molar refractivity (Wildman–Crippen MR) is 49.5 cm³/mol. The molecule has 0 aromatic rings. The van der Waals surface area contributed by atoms with Gasteiger partial charge in [0, 0.05) is 0 Å². The predicted octanol–water partition coefficient (Wildman–Crippen LogP) is -5.01. The molecule has 54 heteroatoms. The molecule has 0 spiro atoms. The Morgan fingerprint density at radius 2 is 0.389 bits per heavy atom. The molecule has 0 aromatic heterocycles. The van der Waals surface area contributed by atoms with Crippen LogP contribution < -0.4 is 0 Å². The average Bonchev–Trinajstić information content (AvgIpc) is 2.58. The van der Waals surface area contributed by atoms with Crippen molar-refractivity contribution in [3.63, 3.8) is 0 Å². The maximum atomic E-state index is 12.8. The normalized spacial score (nSPS) is 15.3. The van der Waals surface area contributed by atoms with Gasteiger partial charge >= 0.3 is 351 Å². The molecule has 0 radical (unpaired) electrons. The number of hydrogen-bond acceptors (Lipinski definition) is 37. The topological polar surface area (TPSA) is 598 Å². The molecule has 0 saturated heterocycles. The summed E-state index contributed by atoms with van der Waals surface area (Å²) < 4.78 is 347. The smallest absolute Gasteiger partial charge is 3.00 e. The van der Waals surface area contributed by atoms with Crippen LogP contribution in [-0.2, 0) is 315 Å². The second kappa shape index (κ2) is 20.0. The van der Waals surface area contributed by atoms with Crippen molar-refractivity contribution in [1.29, 1.82) is 0 Å². The summed E-state index contributed by atoms with van der Waals surface area (Å²) in [6, 6.07) is 0. The first-order valence-corrected chi connectivity index (χ1v) is 49.8. The molecular formula is H3AlMo12O40P+3. The standard InChI is InChI=1S/Al.12Mo.H3O4P.3H2O.33O/c;;;;;;;;;;;;;1-5(2,3)4;;;;;;;;;;;;;;;;;;;;;;;;;;;;;;;;;;;;/h;;;;;;;;;;;;;(H3,1,2,3,4);3*1H2;;;;;;;;;;;;;;;;;;;;;;;;;;;;;;;;;/q+3;;;;;;;6*+1;;;;;;;;;;;;;;;;;;;;;;;;;;;;;;;;;;;;;/p-6. The largest absolute Gasteiger partial charge is 3.00 e. The van der Waals surface area contributed by atoms with Crippen molar-refractivity contribution in [3.05, 3.63) is 0 Å². The summed E-state index contributed by atoms with van der Waals surface area (Å²) in [6.45, 7) is 0. The molecule has 0 heterocycles. The van der Waals surface area contributed by atoms with Gasteiger partial charge in [0.1, 0.15) is 0 Å². The molecule has 0 aliphatic carbocycles. The molecule has 0 amide bonds. The number of hydrogen-bond donors (Lipinski definition) is 3. The third-order valence-electron chi connectivity index (χ3n) is 2.06. The van der Waals surface area contributed by atoms with Crippen LogP contribution in [0, 0.1) is 0 Å². The van der Waals surface area contributed by atoms with Crippen LogP contribution in [0.1, 0.15) is 0 Å². The molecule has 0 fully saturated rings. The van der Waals surface area contributed by atoms with E-state index in [0.717, 1.165) is 0 Å². The Morgan fingerprint density at radius 1 is 0.259 bits per heavy atom. The Hall–Kier alpha value is 3.62. The molecule has 0 aliphatic heterocycles. The summed E-state index contributed by atoms with van der Waals surface area (Å²) in [5.41, 5.74) is 0. The Balaban J connectivity index is 0. The fourth-order valence-corrected chi connectivity index (χ4v) is 60.4. The first kappa shape index (κ1) is 59.7. The van der Waals surface area contributed by atoms with E-state index in [1.165, 1.54) is 0 Å². The van der Waals surface area contributed by atoms with Gasteiger partial charge in [-0.1, -0.05) is 0 Å². The van der Waals surface area contributed by atoms with Gasteiger partial charge in [-0.3, -0.25) is 0 Å². The molecule has 0 aromatic carbocycles. The second-order valence-corrected chi connectivity index (χ2v) is 56.1. The van der Waals surface area contributed by atoms with E-state index in [1.54, 1.807) is 0 Å². The van der Waals surface area contributed by atoms with Gasteiger partial charge in [0.2, 0.25) is 0 Å². The van der Waals surface area contributed by atoms with Crippen LogP contribution in [0.5, 0.6) is 0 Å². The summed E-state index contributed by atoms with van der Waals surface area (Å²) in [7, 11) is -7.91. The van der Waals surface area contributed by atoms with Gasteiger partial charge in [-0.25, -0.2) is 0 Å². The van der Waals surface area contributed by atoms with Crippen molar-refractivity contribution in [3.8, 4) is 0 Å². The first-order chi connectivity index (χ1) is 22.5. The molecular weight excluding hydrogens is 1850 g/mol. The van der Waals surface area contributed by atoms with E-state index in [1.807, 2.05) is 0 Å². The summed E-state index contributed by atoms with van der Waals surface area (Å²) in [6.07, 6.45) is 0. The minimum Gasteiger partial charge on any atom is 3.00 e. The van der Waals surface area contributed by atoms with Crippen molar-refractivity contribution in [2.24, 2.45) is 0 Å². The van der Waals surface area contributed by atoms with Crippen molar-refractivity contribution in [1.82, 2.24) is 0 Å². The van der Waals surface area contributed by atoms with Crippen molar-refractivity contribution < 1.29 is 326 Å². The van der Waals surface area contributed by atoms with Crippen LogP contribution in [0.4, 0.5) is 0 Å². The first-order valence-electron chi connectivity index (χ1n) is 8.78. The monoisotopic (exact) mass is 1880 g/mol. The molecule has 320 valence electrons. The van der Waals surface area contributed by atoms with E-state index in [4.69, 9.17) is 11.3 Å². The van der Waals surface area contributed by atoms with Gasteiger partial charge in [-0.15, -0.1) is 0 Å². The Kier molecular flexibility index (Phi) is 22.1. The van der Waals surface area contributed by atoms with E-state index >= 15 is 0 Å². The second-order valence-electron chi connectivity index (χ2n) is 6.24. The minimum absolute atomic E-state index is 0. The molecule has 0 atom stereocenters. The molecule has 3 N–H and O–H groups in total. The summed E-state index contributed by atoms with van der Waals surface area (Å²) in [4.78, 5) is 0. The zero-order valence-corrected chi connectivity index (χ0v) is 48.5.